The van der Waals surface area contributed by atoms with Crippen LogP contribution in [0.2, 0.25) is 5.02 Å². The van der Waals surface area contributed by atoms with Crippen LogP contribution in [0.25, 0.3) is 0 Å². The molecule has 2 aliphatic rings. The summed E-state index contributed by atoms with van der Waals surface area (Å²) in [4.78, 5) is 21.6. The standard InChI is InChI=1S/C24H30ClN3O2/c1-24(2,3)30-23(29)27-13-11-18-14-28(16-19(18)15-27)22(21-6-4-5-12-26-21)17-7-9-20(25)10-8-17/h4-10,12,18-19,22H,11,13-16H2,1-3H3. The van der Waals surface area contributed by atoms with Crippen LogP contribution in [0.3, 0.4) is 0 Å². The molecular weight excluding hydrogens is 398 g/mol. The van der Waals surface area contributed by atoms with E-state index in [1.165, 1.54) is 5.56 Å². The van der Waals surface area contributed by atoms with Gasteiger partial charge >= 0.3 is 6.09 Å². The fourth-order valence-corrected chi connectivity index (χ4v) is 4.79. The number of hydrogen-bond donors (Lipinski definition) is 0. The van der Waals surface area contributed by atoms with Gasteiger partial charge < -0.3 is 9.64 Å². The van der Waals surface area contributed by atoms with Crippen LogP contribution in [-0.2, 0) is 4.74 Å². The summed E-state index contributed by atoms with van der Waals surface area (Å²) in [7, 11) is 0. The van der Waals surface area contributed by atoms with Crippen LogP contribution in [0.1, 0.15) is 44.5 Å². The van der Waals surface area contributed by atoms with Crippen molar-refractivity contribution >= 4 is 17.7 Å². The molecule has 1 aromatic carbocycles. The molecule has 2 aliphatic heterocycles. The molecular formula is C24H30ClN3O2. The molecule has 0 aliphatic carbocycles. The van der Waals surface area contributed by atoms with Crippen molar-refractivity contribution in [1.29, 1.82) is 0 Å². The first-order valence-electron chi connectivity index (χ1n) is 10.7. The third kappa shape index (κ3) is 4.79. The maximum Gasteiger partial charge on any atom is 0.410 e. The number of carbonyl (C=O) groups excluding carboxylic acids is 1. The minimum atomic E-state index is -0.464. The Bertz CT molecular complexity index is 866. The molecule has 2 fully saturated rings. The first-order valence-corrected chi connectivity index (χ1v) is 11.1. The number of benzene rings is 1. The number of likely N-dealkylation sites (tertiary alicyclic amines) is 2. The molecule has 0 N–H and O–H groups in total. The average molecular weight is 428 g/mol. The van der Waals surface area contributed by atoms with Gasteiger partial charge in [-0.25, -0.2) is 4.79 Å². The van der Waals surface area contributed by atoms with Crippen molar-refractivity contribution in [3.63, 3.8) is 0 Å². The second kappa shape index (κ2) is 8.56. The lowest BCUT2D eigenvalue weighted by atomic mass is 9.89. The molecule has 2 saturated heterocycles. The Kier molecular flexibility index (Phi) is 6.03. The Balaban J connectivity index is 1.52. The first kappa shape index (κ1) is 21.1. The van der Waals surface area contributed by atoms with E-state index < -0.39 is 5.60 Å². The summed E-state index contributed by atoms with van der Waals surface area (Å²) in [5.41, 5.74) is 1.78. The SMILES string of the molecule is CC(C)(C)OC(=O)N1CCC2CN(C(c3ccc(Cl)cc3)c3ccccn3)CC2C1. The number of aromatic nitrogens is 1. The molecule has 160 valence electrons. The summed E-state index contributed by atoms with van der Waals surface area (Å²) in [6.07, 6.45) is 2.67. The monoisotopic (exact) mass is 427 g/mol. The van der Waals surface area contributed by atoms with E-state index >= 15 is 0 Å². The van der Waals surface area contributed by atoms with E-state index in [0.29, 0.717) is 11.8 Å². The van der Waals surface area contributed by atoms with Crippen molar-refractivity contribution in [2.24, 2.45) is 11.8 Å². The Morgan fingerprint density at radius 1 is 1.10 bits per heavy atom. The van der Waals surface area contributed by atoms with Gasteiger partial charge in [0.15, 0.2) is 0 Å². The average Bonchev–Trinajstić information content (AvgIpc) is 3.12. The Morgan fingerprint density at radius 3 is 2.50 bits per heavy atom. The minimum absolute atomic E-state index is 0.0871. The minimum Gasteiger partial charge on any atom is -0.444 e. The van der Waals surface area contributed by atoms with Crippen molar-refractivity contribution in [3.05, 3.63) is 64.9 Å². The fraction of sp³-hybridized carbons (Fsp3) is 0.500. The fourth-order valence-electron chi connectivity index (χ4n) is 4.66. The van der Waals surface area contributed by atoms with E-state index in [9.17, 15) is 4.79 Å². The van der Waals surface area contributed by atoms with Crippen LogP contribution in [0.4, 0.5) is 4.79 Å². The molecule has 5 nitrogen and oxygen atoms in total. The molecule has 1 aromatic heterocycles. The lowest BCUT2D eigenvalue weighted by molar-refractivity contribution is 0.0139. The van der Waals surface area contributed by atoms with Gasteiger partial charge in [-0.15, -0.1) is 0 Å². The predicted octanol–water partition coefficient (Wildman–Crippen LogP) is 5.01. The number of piperidine rings is 1. The molecule has 0 spiro atoms. The van der Waals surface area contributed by atoms with Gasteiger partial charge in [0, 0.05) is 37.4 Å². The third-order valence-electron chi connectivity index (χ3n) is 6.00. The molecule has 0 bridgehead atoms. The summed E-state index contributed by atoms with van der Waals surface area (Å²) in [6.45, 7) is 9.21. The highest BCUT2D eigenvalue weighted by Gasteiger charge is 2.42. The molecule has 6 heteroatoms. The van der Waals surface area contributed by atoms with Crippen LogP contribution in [0, 0.1) is 11.8 Å². The third-order valence-corrected chi connectivity index (χ3v) is 6.25. The summed E-state index contributed by atoms with van der Waals surface area (Å²) in [6, 6.07) is 14.2. The number of ether oxygens (including phenoxy) is 1. The lowest BCUT2D eigenvalue weighted by Gasteiger charge is -2.35. The van der Waals surface area contributed by atoms with Crippen molar-refractivity contribution in [3.8, 4) is 0 Å². The number of hydrogen-bond acceptors (Lipinski definition) is 4. The van der Waals surface area contributed by atoms with Crippen LogP contribution >= 0.6 is 11.6 Å². The number of fused-ring (bicyclic) bond motifs is 1. The van der Waals surface area contributed by atoms with E-state index in [0.717, 1.165) is 43.3 Å². The quantitative estimate of drug-likeness (QED) is 0.690. The van der Waals surface area contributed by atoms with Gasteiger partial charge in [0.2, 0.25) is 0 Å². The van der Waals surface area contributed by atoms with Gasteiger partial charge in [0.05, 0.1) is 11.7 Å². The second-order valence-electron chi connectivity index (χ2n) is 9.40. The van der Waals surface area contributed by atoms with Crippen molar-refractivity contribution in [2.45, 2.75) is 38.8 Å². The number of rotatable bonds is 3. The van der Waals surface area contributed by atoms with Crippen molar-refractivity contribution in [2.75, 3.05) is 26.2 Å². The Labute approximate surface area is 184 Å². The van der Waals surface area contributed by atoms with E-state index in [2.05, 4.69) is 28.1 Å². The predicted molar refractivity (Wildman–Crippen MR) is 119 cm³/mol. The highest BCUT2D eigenvalue weighted by Crippen LogP contribution is 2.38. The largest absolute Gasteiger partial charge is 0.444 e. The molecule has 3 unspecified atom stereocenters. The second-order valence-corrected chi connectivity index (χ2v) is 9.83. The number of nitrogens with zero attached hydrogens (tertiary/aromatic N) is 3. The molecule has 0 radical (unpaired) electrons. The van der Waals surface area contributed by atoms with E-state index in [1.54, 1.807) is 0 Å². The molecule has 2 aromatic rings. The highest BCUT2D eigenvalue weighted by atomic mass is 35.5. The Hall–Kier alpha value is -2.11. The Morgan fingerprint density at radius 2 is 1.83 bits per heavy atom. The molecule has 1 amide bonds. The van der Waals surface area contributed by atoms with Crippen LogP contribution < -0.4 is 0 Å². The number of carbonyl (C=O) groups is 1. The van der Waals surface area contributed by atoms with Crippen LogP contribution in [0.15, 0.2) is 48.7 Å². The normalized spacial score (nSPS) is 23.1. The maximum absolute atomic E-state index is 12.6. The molecule has 30 heavy (non-hydrogen) atoms. The molecule has 0 saturated carbocycles. The first-order chi connectivity index (χ1) is 14.3. The smallest absolute Gasteiger partial charge is 0.410 e. The summed E-state index contributed by atoms with van der Waals surface area (Å²) in [5.74, 6) is 1.03. The van der Waals surface area contributed by atoms with E-state index in [1.807, 2.05) is 56.1 Å². The molecule has 3 atom stereocenters. The van der Waals surface area contributed by atoms with Crippen LogP contribution in [0.5, 0.6) is 0 Å². The van der Waals surface area contributed by atoms with Gasteiger partial charge in [0.25, 0.3) is 0 Å². The van der Waals surface area contributed by atoms with Gasteiger partial charge in [-0.2, -0.15) is 0 Å². The van der Waals surface area contributed by atoms with E-state index in [-0.39, 0.29) is 12.1 Å². The van der Waals surface area contributed by atoms with Crippen molar-refractivity contribution in [1.82, 2.24) is 14.8 Å². The zero-order valence-corrected chi connectivity index (χ0v) is 18.7. The number of halogens is 1. The summed E-state index contributed by atoms with van der Waals surface area (Å²) in [5, 5.41) is 0.738. The van der Waals surface area contributed by atoms with Gasteiger partial charge in [-0.1, -0.05) is 29.8 Å². The topological polar surface area (TPSA) is 45.7 Å². The van der Waals surface area contributed by atoms with Crippen LogP contribution in [-0.4, -0.2) is 52.7 Å². The maximum atomic E-state index is 12.6. The number of pyridine rings is 1. The summed E-state index contributed by atoms with van der Waals surface area (Å²) >= 11 is 6.13. The summed E-state index contributed by atoms with van der Waals surface area (Å²) < 4.78 is 5.60. The lowest BCUT2D eigenvalue weighted by Crippen LogP contribution is -2.45. The van der Waals surface area contributed by atoms with Gasteiger partial charge in [-0.05, 0) is 68.9 Å². The zero-order chi connectivity index (χ0) is 21.3. The molecule has 4 rings (SSSR count). The van der Waals surface area contributed by atoms with Gasteiger partial charge in [0.1, 0.15) is 5.60 Å². The zero-order valence-electron chi connectivity index (χ0n) is 17.9. The highest BCUT2D eigenvalue weighted by molar-refractivity contribution is 6.30. The van der Waals surface area contributed by atoms with Gasteiger partial charge in [-0.3, -0.25) is 9.88 Å². The number of amides is 1. The van der Waals surface area contributed by atoms with Crippen molar-refractivity contribution < 1.29 is 9.53 Å². The van der Waals surface area contributed by atoms with E-state index in [4.69, 9.17) is 16.3 Å². The molecule has 3 heterocycles.